The molecule has 0 amide bonds. The number of likely N-dealkylation sites (tertiary alicyclic amines) is 1. The van der Waals surface area contributed by atoms with Crippen molar-refractivity contribution in [1.29, 1.82) is 0 Å². The summed E-state index contributed by atoms with van der Waals surface area (Å²) in [5.41, 5.74) is 3.06. The quantitative estimate of drug-likeness (QED) is 0.312. The molecular formula is C30H42FN3O6. The molecule has 2 unspecified atom stereocenters. The summed E-state index contributed by atoms with van der Waals surface area (Å²) < 4.78 is 37.2. The lowest BCUT2D eigenvalue weighted by Crippen LogP contribution is -2.34. The second-order valence-corrected chi connectivity index (χ2v) is 10.5. The van der Waals surface area contributed by atoms with Gasteiger partial charge in [-0.3, -0.25) is 9.69 Å². The minimum absolute atomic E-state index is 0.0503. The SMILES string of the molecule is COc1cc(CCCCCO[C@@H]2CCN(C(C(=O)O)c3cc(C(C)OC)cc(F)c3OC)C2)nc2c1CCCN2. The van der Waals surface area contributed by atoms with E-state index in [0.29, 0.717) is 31.7 Å². The number of pyridine rings is 1. The van der Waals surface area contributed by atoms with Gasteiger partial charge in [-0.2, -0.15) is 0 Å². The van der Waals surface area contributed by atoms with Gasteiger partial charge in [-0.1, -0.05) is 6.42 Å². The van der Waals surface area contributed by atoms with E-state index >= 15 is 0 Å². The van der Waals surface area contributed by atoms with Crippen molar-refractivity contribution < 1.29 is 33.2 Å². The van der Waals surface area contributed by atoms with E-state index in [1.807, 2.05) is 4.90 Å². The van der Waals surface area contributed by atoms with E-state index in [0.717, 1.165) is 62.3 Å². The van der Waals surface area contributed by atoms with Crippen molar-refractivity contribution in [2.75, 3.05) is 52.9 Å². The van der Waals surface area contributed by atoms with Gasteiger partial charge in [0.1, 0.15) is 17.6 Å². The van der Waals surface area contributed by atoms with Crippen molar-refractivity contribution in [3.63, 3.8) is 0 Å². The topological polar surface area (TPSA) is 102 Å². The Hall–Kier alpha value is -2.95. The molecule has 1 fully saturated rings. The first-order chi connectivity index (χ1) is 19.4. The third-order valence-electron chi connectivity index (χ3n) is 7.87. The van der Waals surface area contributed by atoms with Crippen LogP contribution in [0, 0.1) is 5.82 Å². The summed E-state index contributed by atoms with van der Waals surface area (Å²) >= 11 is 0. The predicted molar refractivity (Wildman–Crippen MR) is 150 cm³/mol. The van der Waals surface area contributed by atoms with Crippen LogP contribution in [0.3, 0.4) is 0 Å². The van der Waals surface area contributed by atoms with Crippen molar-refractivity contribution in [1.82, 2.24) is 9.88 Å². The van der Waals surface area contributed by atoms with E-state index in [1.165, 1.54) is 25.8 Å². The highest BCUT2D eigenvalue weighted by atomic mass is 19.1. The maximum absolute atomic E-state index is 14.9. The number of ether oxygens (including phenoxy) is 4. The molecule has 3 heterocycles. The van der Waals surface area contributed by atoms with E-state index in [4.69, 9.17) is 23.9 Å². The number of nitrogens with zero attached hydrogens (tertiary/aromatic N) is 2. The van der Waals surface area contributed by atoms with Crippen LogP contribution in [0.5, 0.6) is 11.5 Å². The number of hydrogen-bond acceptors (Lipinski definition) is 8. The number of carboxylic acid groups (broad SMARTS) is 1. The molecule has 0 bridgehead atoms. The first-order valence-electron chi connectivity index (χ1n) is 14.2. The number of aryl methyl sites for hydroxylation is 1. The van der Waals surface area contributed by atoms with Crippen LogP contribution in [0.2, 0.25) is 0 Å². The van der Waals surface area contributed by atoms with Gasteiger partial charge < -0.3 is 29.4 Å². The first kappa shape index (κ1) is 30.0. The fourth-order valence-electron chi connectivity index (χ4n) is 5.64. The second-order valence-electron chi connectivity index (χ2n) is 10.5. The zero-order chi connectivity index (χ0) is 28.6. The number of hydrogen-bond donors (Lipinski definition) is 2. The van der Waals surface area contributed by atoms with Gasteiger partial charge in [0.05, 0.1) is 26.4 Å². The monoisotopic (exact) mass is 559 g/mol. The van der Waals surface area contributed by atoms with Crippen LogP contribution >= 0.6 is 0 Å². The number of anilines is 1. The fraction of sp³-hybridized carbons (Fsp3) is 0.600. The summed E-state index contributed by atoms with van der Waals surface area (Å²) in [6.07, 6.45) is 6.13. The molecule has 40 heavy (non-hydrogen) atoms. The maximum Gasteiger partial charge on any atom is 0.325 e. The normalized spacial score (nSPS) is 18.6. The molecule has 220 valence electrons. The molecule has 2 aromatic rings. The molecule has 4 rings (SSSR count). The molecule has 3 atom stereocenters. The second kappa shape index (κ2) is 14.1. The molecule has 9 nitrogen and oxygen atoms in total. The summed E-state index contributed by atoms with van der Waals surface area (Å²) in [6, 6.07) is 4.02. The van der Waals surface area contributed by atoms with Crippen molar-refractivity contribution in [2.24, 2.45) is 0 Å². The average Bonchev–Trinajstić information content (AvgIpc) is 3.41. The molecule has 1 aromatic carbocycles. The Morgan fingerprint density at radius 2 is 2.02 bits per heavy atom. The van der Waals surface area contributed by atoms with Gasteiger partial charge in [0, 0.05) is 56.2 Å². The Bertz CT molecular complexity index is 1150. The van der Waals surface area contributed by atoms with Gasteiger partial charge >= 0.3 is 5.97 Å². The number of fused-ring (bicyclic) bond motifs is 1. The largest absolute Gasteiger partial charge is 0.496 e. The van der Waals surface area contributed by atoms with Gasteiger partial charge in [0.2, 0.25) is 0 Å². The number of benzene rings is 1. The lowest BCUT2D eigenvalue weighted by Gasteiger charge is -2.27. The van der Waals surface area contributed by atoms with Crippen molar-refractivity contribution in [2.45, 2.75) is 70.1 Å². The van der Waals surface area contributed by atoms with E-state index in [-0.39, 0.29) is 23.5 Å². The van der Waals surface area contributed by atoms with Crippen LogP contribution in [-0.2, 0) is 27.1 Å². The van der Waals surface area contributed by atoms with Crippen LogP contribution in [0.1, 0.15) is 73.6 Å². The van der Waals surface area contributed by atoms with Gasteiger partial charge in [-0.25, -0.2) is 9.37 Å². The molecular weight excluding hydrogens is 517 g/mol. The van der Waals surface area contributed by atoms with Gasteiger partial charge in [0.25, 0.3) is 0 Å². The summed E-state index contributed by atoms with van der Waals surface area (Å²) in [6.45, 7) is 4.34. The molecule has 0 saturated carbocycles. The zero-order valence-corrected chi connectivity index (χ0v) is 24.0. The van der Waals surface area contributed by atoms with Gasteiger partial charge in [-0.15, -0.1) is 0 Å². The number of halogens is 1. The summed E-state index contributed by atoms with van der Waals surface area (Å²) in [5, 5.41) is 13.5. The summed E-state index contributed by atoms with van der Waals surface area (Å²) in [4.78, 5) is 19.0. The number of carbonyl (C=O) groups is 1. The van der Waals surface area contributed by atoms with Crippen LogP contribution in [0.15, 0.2) is 18.2 Å². The Morgan fingerprint density at radius 1 is 1.20 bits per heavy atom. The highest BCUT2D eigenvalue weighted by Gasteiger charge is 2.37. The molecule has 1 aromatic heterocycles. The van der Waals surface area contributed by atoms with E-state index in [2.05, 4.69) is 11.4 Å². The van der Waals surface area contributed by atoms with Crippen molar-refractivity contribution >= 4 is 11.8 Å². The molecule has 0 aliphatic carbocycles. The molecule has 2 aliphatic heterocycles. The van der Waals surface area contributed by atoms with E-state index < -0.39 is 17.8 Å². The van der Waals surface area contributed by atoms with Gasteiger partial charge in [0.15, 0.2) is 11.6 Å². The van der Waals surface area contributed by atoms with E-state index in [9.17, 15) is 14.3 Å². The van der Waals surface area contributed by atoms with Crippen LogP contribution in [0.4, 0.5) is 10.2 Å². The van der Waals surface area contributed by atoms with Crippen LogP contribution in [0.25, 0.3) is 0 Å². The minimum atomic E-state index is -1.05. The van der Waals surface area contributed by atoms with Crippen molar-refractivity contribution in [3.05, 3.63) is 46.4 Å². The average molecular weight is 560 g/mol. The molecule has 2 N–H and O–H groups in total. The molecule has 1 saturated heterocycles. The van der Waals surface area contributed by atoms with Crippen LogP contribution in [-0.4, -0.2) is 74.6 Å². The minimum Gasteiger partial charge on any atom is -0.496 e. The zero-order valence-electron chi connectivity index (χ0n) is 24.0. The number of nitrogens with one attached hydrogen (secondary N) is 1. The first-order valence-corrected chi connectivity index (χ1v) is 14.2. The third-order valence-corrected chi connectivity index (χ3v) is 7.87. The fourth-order valence-corrected chi connectivity index (χ4v) is 5.64. The van der Waals surface area contributed by atoms with Crippen LogP contribution < -0.4 is 14.8 Å². The summed E-state index contributed by atoms with van der Waals surface area (Å²) in [7, 11) is 4.59. The third kappa shape index (κ3) is 7.03. The van der Waals surface area contributed by atoms with Crippen molar-refractivity contribution in [3.8, 4) is 11.5 Å². The molecule has 0 spiro atoms. The maximum atomic E-state index is 14.9. The number of aromatic nitrogens is 1. The summed E-state index contributed by atoms with van der Waals surface area (Å²) in [5.74, 6) is 0.169. The molecule has 10 heteroatoms. The lowest BCUT2D eigenvalue weighted by molar-refractivity contribution is -0.143. The number of aliphatic carboxylic acids is 1. The number of rotatable bonds is 14. The smallest absolute Gasteiger partial charge is 0.325 e. The molecule has 2 aliphatic rings. The number of carboxylic acids is 1. The predicted octanol–water partition coefficient (Wildman–Crippen LogP) is 4.93. The Labute approximate surface area is 236 Å². The van der Waals surface area contributed by atoms with Gasteiger partial charge in [-0.05, 0) is 63.1 Å². The Kier molecular flexibility index (Phi) is 10.6. The standard InChI is InChI=1S/C30H42FN3O6/c1-19(37-2)20-15-24(28(39-4)25(31)16-20)27(30(35)36)34-13-11-22(18-34)40-14-7-5-6-9-21-17-26(38-3)23-10-8-12-32-29(23)33-21/h15-17,19,22,27H,5-14,18H2,1-4H3,(H,32,33)(H,35,36)/t19?,22-,27?/m1/s1. The molecule has 0 radical (unpaired) electrons. The Morgan fingerprint density at radius 3 is 2.75 bits per heavy atom. The number of methoxy groups -OCH3 is 3. The number of unbranched alkanes of at least 4 members (excludes halogenated alkanes) is 2. The highest BCUT2D eigenvalue weighted by Crippen LogP contribution is 2.37. The lowest BCUT2D eigenvalue weighted by atomic mass is 9.98. The Balaban J connectivity index is 1.28. The highest BCUT2D eigenvalue weighted by molar-refractivity contribution is 5.77. The van der Waals surface area contributed by atoms with E-state index in [1.54, 1.807) is 20.1 Å².